The van der Waals surface area contributed by atoms with Gasteiger partial charge in [-0.15, -0.1) is 11.3 Å². The van der Waals surface area contributed by atoms with Crippen LogP contribution in [0.15, 0.2) is 18.2 Å². The van der Waals surface area contributed by atoms with Crippen LogP contribution in [0, 0.1) is 6.92 Å². The summed E-state index contributed by atoms with van der Waals surface area (Å²) in [6, 6.07) is 5.90. The van der Waals surface area contributed by atoms with E-state index in [1.165, 1.54) is 0 Å². The maximum atomic E-state index is 5.70. The van der Waals surface area contributed by atoms with Crippen molar-refractivity contribution in [3.8, 4) is 22.1 Å². The summed E-state index contributed by atoms with van der Waals surface area (Å²) in [5, 5.41) is 0.961. The summed E-state index contributed by atoms with van der Waals surface area (Å²) in [4.78, 5) is 5.68. The monoisotopic (exact) mass is 292 g/mol. The van der Waals surface area contributed by atoms with Crippen LogP contribution in [0.4, 0.5) is 0 Å². The van der Waals surface area contributed by atoms with Crippen LogP contribution in [-0.2, 0) is 6.54 Å². The van der Waals surface area contributed by atoms with Gasteiger partial charge in [-0.25, -0.2) is 4.98 Å². The van der Waals surface area contributed by atoms with Crippen LogP contribution in [0.25, 0.3) is 10.6 Å². The minimum absolute atomic E-state index is 0.526. The van der Waals surface area contributed by atoms with Crippen LogP contribution in [0.5, 0.6) is 11.5 Å². The predicted octanol–water partition coefficient (Wildman–Crippen LogP) is 3.37. The lowest BCUT2D eigenvalue weighted by molar-refractivity contribution is 0.294. The van der Waals surface area contributed by atoms with Gasteiger partial charge in [0.15, 0.2) is 11.5 Å². The summed E-state index contributed by atoms with van der Waals surface area (Å²) in [5.41, 5.74) is 7.73. The summed E-state index contributed by atoms with van der Waals surface area (Å²) in [7, 11) is 1.65. The molecular weight excluding hydrogens is 272 g/mol. The zero-order valence-electron chi connectivity index (χ0n) is 12.1. The van der Waals surface area contributed by atoms with Gasteiger partial charge < -0.3 is 15.2 Å². The molecule has 0 radical (unpaired) electrons. The molecule has 0 amide bonds. The molecule has 1 aromatic heterocycles. The lowest BCUT2D eigenvalue weighted by Gasteiger charge is -2.10. The molecule has 0 saturated heterocycles. The van der Waals surface area contributed by atoms with E-state index in [0.29, 0.717) is 13.2 Å². The summed E-state index contributed by atoms with van der Waals surface area (Å²) in [6.45, 7) is 5.27. The summed E-state index contributed by atoms with van der Waals surface area (Å²) in [6.07, 6.45) is 0.969. The molecule has 0 spiro atoms. The molecule has 1 aromatic carbocycles. The van der Waals surface area contributed by atoms with Gasteiger partial charge in [0, 0.05) is 17.0 Å². The quantitative estimate of drug-likeness (QED) is 0.887. The Bertz CT molecular complexity index is 581. The number of ether oxygens (including phenoxy) is 2. The molecule has 108 valence electrons. The number of hydrogen-bond acceptors (Lipinski definition) is 5. The molecule has 20 heavy (non-hydrogen) atoms. The van der Waals surface area contributed by atoms with E-state index in [9.17, 15) is 0 Å². The number of aryl methyl sites for hydroxylation is 1. The number of rotatable bonds is 6. The van der Waals surface area contributed by atoms with Crippen molar-refractivity contribution in [1.29, 1.82) is 0 Å². The van der Waals surface area contributed by atoms with Crippen LogP contribution in [0.1, 0.15) is 23.9 Å². The lowest BCUT2D eigenvalue weighted by Crippen LogP contribution is -1.97. The van der Waals surface area contributed by atoms with Crippen LogP contribution in [-0.4, -0.2) is 18.7 Å². The van der Waals surface area contributed by atoms with Gasteiger partial charge in [0.05, 0.1) is 19.4 Å². The average Bonchev–Trinajstić information content (AvgIpc) is 2.86. The SMILES string of the molecule is CCCOc1ccc(-c2nc(C)c(CN)s2)cc1OC. The topological polar surface area (TPSA) is 57.4 Å². The van der Waals surface area contributed by atoms with Gasteiger partial charge in [0.2, 0.25) is 0 Å². The number of thiazole rings is 1. The van der Waals surface area contributed by atoms with E-state index in [1.807, 2.05) is 25.1 Å². The summed E-state index contributed by atoms with van der Waals surface area (Å²) in [5.74, 6) is 1.50. The van der Waals surface area contributed by atoms with E-state index >= 15 is 0 Å². The molecule has 1 heterocycles. The molecule has 5 heteroatoms. The fourth-order valence-corrected chi connectivity index (χ4v) is 2.81. The van der Waals surface area contributed by atoms with Gasteiger partial charge in [-0.3, -0.25) is 0 Å². The minimum atomic E-state index is 0.526. The van der Waals surface area contributed by atoms with Gasteiger partial charge in [-0.05, 0) is 31.5 Å². The molecule has 4 nitrogen and oxygen atoms in total. The second-order valence-electron chi connectivity index (χ2n) is 4.45. The Labute approximate surface area is 123 Å². The van der Waals surface area contributed by atoms with Gasteiger partial charge in [-0.2, -0.15) is 0 Å². The van der Waals surface area contributed by atoms with Crippen molar-refractivity contribution < 1.29 is 9.47 Å². The van der Waals surface area contributed by atoms with E-state index in [2.05, 4.69) is 11.9 Å². The third-order valence-corrected chi connectivity index (χ3v) is 4.18. The van der Waals surface area contributed by atoms with Crippen LogP contribution in [0.3, 0.4) is 0 Å². The Morgan fingerprint density at radius 3 is 2.70 bits per heavy atom. The highest BCUT2D eigenvalue weighted by atomic mass is 32.1. The zero-order chi connectivity index (χ0) is 14.5. The Morgan fingerprint density at radius 2 is 2.10 bits per heavy atom. The normalized spacial score (nSPS) is 10.6. The second kappa shape index (κ2) is 6.72. The Morgan fingerprint density at radius 1 is 1.30 bits per heavy atom. The Balaban J connectivity index is 2.32. The van der Waals surface area contributed by atoms with E-state index in [-0.39, 0.29) is 0 Å². The van der Waals surface area contributed by atoms with Crippen molar-refractivity contribution in [2.45, 2.75) is 26.8 Å². The molecule has 0 fully saturated rings. The molecule has 0 aliphatic rings. The average molecular weight is 292 g/mol. The fourth-order valence-electron chi connectivity index (χ4n) is 1.87. The van der Waals surface area contributed by atoms with E-state index in [4.69, 9.17) is 15.2 Å². The van der Waals surface area contributed by atoms with Gasteiger partial charge in [-0.1, -0.05) is 6.92 Å². The first-order valence-electron chi connectivity index (χ1n) is 6.67. The standard InChI is InChI=1S/C15H20N2O2S/c1-4-7-19-12-6-5-11(8-13(12)18-3)15-17-10(2)14(9-16)20-15/h5-6,8H,4,7,9,16H2,1-3H3. The third-order valence-electron chi connectivity index (χ3n) is 2.95. The van der Waals surface area contributed by atoms with Crippen molar-refractivity contribution in [1.82, 2.24) is 4.98 Å². The molecule has 2 aromatic rings. The van der Waals surface area contributed by atoms with E-state index in [0.717, 1.165) is 39.1 Å². The molecule has 2 N–H and O–H groups in total. The molecule has 0 unspecified atom stereocenters. The van der Waals surface area contributed by atoms with E-state index < -0.39 is 0 Å². The molecule has 0 aliphatic heterocycles. The Hall–Kier alpha value is -1.59. The highest BCUT2D eigenvalue weighted by molar-refractivity contribution is 7.15. The number of aromatic nitrogens is 1. The predicted molar refractivity (Wildman–Crippen MR) is 82.5 cm³/mol. The first-order valence-corrected chi connectivity index (χ1v) is 7.48. The molecule has 2 rings (SSSR count). The van der Waals surface area contributed by atoms with Crippen LogP contribution < -0.4 is 15.2 Å². The molecule has 0 bridgehead atoms. The molecule has 0 aliphatic carbocycles. The van der Waals surface area contributed by atoms with Crippen molar-refractivity contribution >= 4 is 11.3 Å². The first-order chi connectivity index (χ1) is 9.69. The maximum absolute atomic E-state index is 5.70. The molecule has 0 saturated carbocycles. The van der Waals surface area contributed by atoms with Crippen molar-refractivity contribution in [3.05, 3.63) is 28.8 Å². The number of benzene rings is 1. The smallest absolute Gasteiger partial charge is 0.161 e. The van der Waals surface area contributed by atoms with Gasteiger partial charge in [0.1, 0.15) is 5.01 Å². The van der Waals surface area contributed by atoms with Crippen LogP contribution >= 0.6 is 11.3 Å². The number of nitrogens with zero attached hydrogens (tertiary/aromatic N) is 1. The van der Waals surface area contributed by atoms with Crippen molar-refractivity contribution in [2.75, 3.05) is 13.7 Å². The number of methoxy groups -OCH3 is 1. The van der Waals surface area contributed by atoms with E-state index in [1.54, 1.807) is 18.4 Å². The largest absolute Gasteiger partial charge is 0.493 e. The fraction of sp³-hybridized carbons (Fsp3) is 0.400. The highest BCUT2D eigenvalue weighted by Crippen LogP contribution is 2.35. The van der Waals surface area contributed by atoms with Gasteiger partial charge in [0.25, 0.3) is 0 Å². The highest BCUT2D eigenvalue weighted by Gasteiger charge is 2.11. The van der Waals surface area contributed by atoms with Crippen molar-refractivity contribution in [2.24, 2.45) is 5.73 Å². The summed E-state index contributed by atoms with van der Waals surface area (Å²) >= 11 is 1.62. The Kier molecular flexibility index (Phi) is 4.98. The summed E-state index contributed by atoms with van der Waals surface area (Å²) < 4.78 is 11.1. The zero-order valence-corrected chi connectivity index (χ0v) is 12.9. The molecule has 0 atom stereocenters. The van der Waals surface area contributed by atoms with Crippen LogP contribution in [0.2, 0.25) is 0 Å². The lowest BCUT2D eigenvalue weighted by atomic mass is 10.2. The first kappa shape index (κ1) is 14.8. The second-order valence-corrected chi connectivity index (χ2v) is 5.53. The maximum Gasteiger partial charge on any atom is 0.161 e. The van der Waals surface area contributed by atoms with Crippen molar-refractivity contribution in [3.63, 3.8) is 0 Å². The molecular formula is C15H20N2O2S. The number of hydrogen-bond donors (Lipinski definition) is 1. The minimum Gasteiger partial charge on any atom is -0.493 e. The third kappa shape index (κ3) is 3.11. The number of nitrogens with two attached hydrogens (primary N) is 1. The van der Waals surface area contributed by atoms with Gasteiger partial charge >= 0.3 is 0 Å².